The highest BCUT2D eigenvalue weighted by molar-refractivity contribution is 14.1. The molecule has 2 aromatic rings. The van der Waals surface area contributed by atoms with Gasteiger partial charge in [-0.15, -0.1) is 0 Å². The molecular weight excluding hydrogens is 356 g/mol. The number of aryl methyl sites for hydroxylation is 1. The van der Waals surface area contributed by atoms with Gasteiger partial charge in [-0.1, -0.05) is 23.2 Å². The Kier molecular flexibility index (Phi) is 3.72. The van der Waals surface area contributed by atoms with Crippen LogP contribution in [-0.2, 0) is 0 Å². The number of benzene rings is 1. The van der Waals surface area contributed by atoms with Gasteiger partial charge in [-0.05, 0) is 59.8 Å². The second-order valence-electron chi connectivity index (χ2n) is 3.44. The van der Waals surface area contributed by atoms with Gasteiger partial charge in [-0.25, -0.2) is 0 Å². The smallest absolute Gasteiger partial charge is 0.0730 e. The summed E-state index contributed by atoms with van der Waals surface area (Å²) in [6.45, 7) is 1.97. The van der Waals surface area contributed by atoms with Crippen molar-refractivity contribution in [2.75, 3.05) is 0 Å². The fourth-order valence-electron chi connectivity index (χ4n) is 1.46. The lowest BCUT2D eigenvalue weighted by Crippen LogP contribution is -1.89. The number of pyridine rings is 1. The summed E-state index contributed by atoms with van der Waals surface area (Å²) in [7, 11) is 0. The van der Waals surface area contributed by atoms with Gasteiger partial charge in [0.2, 0.25) is 0 Å². The maximum atomic E-state index is 6.14. The first kappa shape index (κ1) is 12.1. The Balaban J connectivity index is 2.58. The molecule has 0 aliphatic rings. The van der Waals surface area contributed by atoms with Gasteiger partial charge in [0.1, 0.15) is 0 Å². The fourth-order valence-corrected chi connectivity index (χ4v) is 2.71. The Hall–Kier alpha value is -0.320. The summed E-state index contributed by atoms with van der Waals surface area (Å²) in [6.07, 6.45) is 0. The highest BCUT2D eigenvalue weighted by Gasteiger charge is 2.06. The summed E-state index contributed by atoms with van der Waals surface area (Å²) < 4.78 is 1.14. The molecule has 0 radical (unpaired) electrons. The maximum Gasteiger partial charge on any atom is 0.0730 e. The lowest BCUT2D eigenvalue weighted by Gasteiger charge is -2.06. The minimum Gasteiger partial charge on any atom is -0.253 e. The maximum absolute atomic E-state index is 6.14. The summed E-state index contributed by atoms with van der Waals surface area (Å²) >= 11 is 14.3. The first-order valence-electron chi connectivity index (χ1n) is 4.66. The highest BCUT2D eigenvalue weighted by Crippen LogP contribution is 2.30. The third-order valence-electron chi connectivity index (χ3n) is 2.13. The summed E-state index contributed by atoms with van der Waals surface area (Å²) in [5.41, 5.74) is 2.77. The first-order chi connectivity index (χ1) is 7.56. The molecule has 0 aliphatic heterocycles. The molecule has 0 fully saturated rings. The van der Waals surface area contributed by atoms with E-state index in [9.17, 15) is 0 Å². The second-order valence-corrected chi connectivity index (χ2v) is 5.53. The van der Waals surface area contributed by atoms with Crippen LogP contribution in [0.4, 0.5) is 0 Å². The Morgan fingerprint density at radius 1 is 1.12 bits per heavy atom. The largest absolute Gasteiger partial charge is 0.253 e. The molecule has 1 nitrogen and oxygen atoms in total. The molecule has 2 rings (SSSR count). The first-order valence-corrected chi connectivity index (χ1v) is 6.49. The van der Waals surface area contributed by atoms with Crippen LogP contribution in [0.3, 0.4) is 0 Å². The summed E-state index contributed by atoms with van der Waals surface area (Å²) in [6, 6.07) is 9.47. The predicted molar refractivity (Wildman–Crippen MR) is 77.1 cm³/mol. The average molecular weight is 364 g/mol. The van der Waals surface area contributed by atoms with Crippen molar-refractivity contribution in [2.45, 2.75) is 6.92 Å². The lowest BCUT2D eigenvalue weighted by atomic mass is 10.1. The lowest BCUT2D eigenvalue weighted by molar-refractivity contribution is 1.20. The van der Waals surface area contributed by atoms with Gasteiger partial charge in [0.25, 0.3) is 0 Å². The summed E-state index contributed by atoms with van der Waals surface area (Å²) in [5.74, 6) is 0. The minimum absolute atomic E-state index is 0.626. The highest BCUT2D eigenvalue weighted by atomic mass is 127. The molecule has 1 aromatic heterocycles. The zero-order valence-electron chi connectivity index (χ0n) is 8.47. The van der Waals surface area contributed by atoms with Crippen molar-refractivity contribution in [3.8, 4) is 11.3 Å². The summed E-state index contributed by atoms with van der Waals surface area (Å²) in [5, 5.41) is 1.26. The van der Waals surface area contributed by atoms with E-state index in [1.807, 2.05) is 31.2 Å². The van der Waals surface area contributed by atoms with Crippen molar-refractivity contribution in [1.82, 2.24) is 4.98 Å². The van der Waals surface area contributed by atoms with E-state index in [4.69, 9.17) is 23.2 Å². The number of aromatic nitrogens is 1. The van der Waals surface area contributed by atoms with Gasteiger partial charge in [-0.3, -0.25) is 4.98 Å². The Morgan fingerprint density at radius 3 is 2.50 bits per heavy atom. The Morgan fingerprint density at radius 2 is 1.88 bits per heavy atom. The van der Waals surface area contributed by atoms with Crippen LogP contribution in [0.1, 0.15) is 5.69 Å². The number of nitrogens with zero attached hydrogens (tertiary/aromatic N) is 1. The van der Waals surface area contributed by atoms with Crippen LogP contribution < -0.4 is 0 Å². The molecule has 0 aliphatic carbocycles. The topological polar surface area (TPSA) is 12.9 Å². The van der Waals surface area contributed by atoms with Gasteiger partial charge in [0.05, 0.1) is 10.7 Å². The summed E-state index contributed by atoms with van der Waals surface area (Å²) in [4.78, 5) is 4.46. The normalized spacial score (nSPS) is 10.5. The van der Waals surface area contributed by atoms with E-state index in [2.05, 4.69) is 27.6 Å². The van der Waals surface area contributed by atoms with Crippen molar-refractivity contribution in [2.24, 2.45) is 0 Å². The average Bonchev–Trinajstić information content (AvgIpc) is 2.15. The van der Waals surface area contributed by atoms with Crippen LogP contribution in [0, 0.1) is 10.5 Å². The van der Waals surface area contributed by atoms with Gasteiger partial charge >= 0.3 is 0 Å². The van der Waals surface area contributed by atoms with E-state index in [1.165, 1.54) is 0 Å². The van der Waals surface area contributed by atoms with Gasteiger partial charge in [0.15, 0.2) is 0 Å². The van der Waals surface area contributed by atoms with Crippen LogP contribution >= 0.6 is 45.8 Å². The molecule has 4 heteroatoms. The molecule has 16 heavy (non-hydrogen) atoms. The van der Waals surface area contributed by atoms with Crippen molar-refractivity contribution in [3.05, 3.63) is 49.6 Å². The number of hydrogen-bond donors (Lipinski definition) is 0. The van der Waals surface area contributed by atoms with Crippen LogP contribution in [0.2, 0.25) is 10.0 Å². The molecule has 0 unspecified atom stereocenters. The number of halogens is 3. The Bertz CT molecular complexity index is 520. The van der Waals surface area contributed by atoms with E-state index in [1.54, 1.807) is 6.07 Å². The zero-order valence-corrected chi connectivity index (χ0v) is 12.1. The Labute approximate surface area is 118 Å². The van der Waals surface area contributed by atoms with E-state index < -0.39 is 0 Å². The van der Waals surface area contributed by atoms with E-state index in [-0.39, 0.29) is 0 Å². The molecule has 1 heterocycles. The standard InChI is InChI=1S/C12H8Cl2IN/c1-7-4-9(15)6-12(16-7)10-3-2-8(13)5-11(10)14/h2-6H,1H3. The van der Waals surface area contributed by atoms with Crippen LogP contribution in [-0.4, -0.2) is 4.98 Å². The molecule has 1 aromatic carbocycles. The number of hydrogen-bond acceptors (Lipinski definition) is 1. The number of rotatable bonds is 1. The quantitative estimate of drug-likeness (QED) is 0.652. The molecule has 0 atom stereocenters. The molecule has 0 amide bonds. The van der Waals surface area contributed by atoms with E-state index in [0.29, 0.717) is 10.0 Å². The zero-order chi connectivity index (χ0) is 11.7. The van der Waals surface area contributed by atoms with Crippen molar-refractivity contribution in [1.29, 1.82) is 0 Å². The van der Waals surface area contributed by atoms with Crippen molar-refractivity contribution in [3.63, 3.8) is 0 Å². The monoisotopic (exact) mass is 363 g/mol. The SMILES string of the molecule is Cc1cc(I)cc(-c2ccc(Cl)cc2Cl)n1. The van der Waals surface area contributed by atoms with Crippen molar-refractivity contribution >= 4 is 45.8 Å². The minimum atomic E-state index is 0.626. The predicted octanol–water partition coefficient (Wildman–Crippen LogP) is 4.97. The van der Waals surface area contributed by atoms with E-state index in [0.717, 1.165) is 20.5 Å². The molecular formula is C12H8Cl2IN. The molecule has 0 bridgehead atoms. The third-order valence-corrected chi connectivity index (χ3v) is 3.30. The van der Waals surface area contributed by atoms with Crippen LogP contribution in [0.25, 0.3) is 11.3 Å². The van der Waals surface area contributed by atoms with Gasteiger partial charge < -0.3 is 0 Å². The third kappa shape index (κ3) is 2.67. The molecule has 0 N–H and O–H groups in total. The fraction of sp³-hybridized carbons (Fsp3) is 0.0833. The molecule has 82 valence electrons. The molecule has 0 saturated heterocycles. The van der Waals surface area contributed by atoms with Crippen molar-refractivity contribution < 1.29 is 0 Å². The molecule has 0 saturated carbocycles. The van der Waals surface area contributed by atoms with E-state index >= 15 is 0 Å². The second kappa shape index (κ2) is 4.90. The van der Waals surface area contributed by atoms with Gasteiger partial charge in [0, 0.05) is 19.9 Å². The van der Waals surface area contributed by atoms with Crippen LogP contribution in [0.5, 0.6) is 0 Å². The van der Waals surface area contributed by atoms with Gasteiger partial charge in [-0.2, -0.15) is 0 Å². The molecule has 0 spiro atoms. The van der Waals surface area contributed by atoms with Crippen LogP contribution in [0.15, 0.2) is 30.3 Å².